The minimum absolute atomic E-state index is 0.796. The maximum absolute atomic E-state index is 5.42. The molecule has 0 fully saturated rings. The molecule has 0 bridgehead atoms. The Morgan fingerprint density at radius 2 is 2.38 bits per heavy atom. The molecule has 0 aliphatic heterocycles. The van der Waals surface area contributed by atoms with Gasteiger partial charge in [-0.1, -0.05) is 0 Å². The van der Waals surface area contributed by atoms with Gasteiger partial charge in [0.2, 0.25) is 0 Å². The summed E-state index contributed by atoms with van der Waals surface area (Å²) in [6.07, 6.45) is 2.29. The quantitative estimate of drug-likeness (QED) is 0.702. The predicted octanol–water partition coefficient (Wildman–Crippen LogP) is 1.31. The molecule has 1 heterocycles. The van der Waals surface area contributed by atoms with Gasteiger partial charge in [-0.3, -0.25) is 0 Å². The molecule has 0 unspecified atom stereocenters. The van der Waals surface area contributed by atoms with Crippen LogP contribution in [-0.4, -0.2) is 30.0 Å². The van der Waals surface area contributed by atoms with E-state index < -0.39 is 0 Å². The van der Waals surface area contributed by atoms with E-state index >= 15 is 0 Å². The van der Waals surface area contributed by atoms with Crippen molar-refractivity contribution in [3.05, 3.63) is 16.6 Å². The second kappa shape index (κ2) is 6.07. The highest BCUT2D eigenvalue weighted by molar-refractivity contribution is 7.07. The third kappa shape index (κ3) is 4.36. The minimum atomic E-state index is 0.796. The van der Waals surface area contributed by atoms with Crippen molar-refractivity contribution in [3.63, 3.8) is 0 Å². The van der Waals surface area contributed by atoms with Crippen molar-refractivity contribution in [2.24, 2.45) is 5.73 Å². The van der Waals surface area contributed by atoms with Crippen LogP contribution in [0.1, 0.15) is 18.5 Å². The molecule has 1 rings (SSSR count). The van der Waals surface area contributed by atoms with Gasteiger partial charge in [0.25, 0.3) is 0 Å². The average Bonchev–Trinajstić information content (AvgIpc) is 2.57. The number of hydrogen-bond acceptors (Lipinski definition) is 4. The number of aromatic nitrogens is 1. The number of hydrogen-bond donors (Lipinski definition) is 1. The summed E-state index contributed by atoms with van der Waals surface area (Å²) in [5.41, 5.74) is 8.47. The van der Waals surface area contributed by atoms with E-state index in [9.17, 15) is 0 Å². The molecule has 0 spiro atoms. The Hall–Kier alpha value is -0.450. The first kappa shape index (κ1) is 10.6. The lowest BCUT2D eigenvalue weighted by Crippen LogP contribution is -2.19. The van der Waals surface area contributed by atoms with Crippen LogP contribution in [0.2, 0.25) is 0 Å². The normalized spacial score (nSPS) is 11.0. The summed E-state index contributed by atoms with van der Waals surface area (Å²) in [5, 5.41) is 2.10. The van der Waals surface area contributed by atoms with Crippen molar-refractivity contribution in [2.45, 2.75) is 19.4 Å². The Bertz CT molecular complexity index is 211. The van der Waals surface area contributed by atoms with E-state index in [1.807, 2.05) is 5.51 Å². The molecule has 0 aromatic carbocycles. The van der Waals surface area contributed by atoms with Gasteiger partial charge in [-0.2, -0.15) is 0 Å². The van der Waals surface area contributed by atoms with E-state index in [0.29, 0.717) is 0 Å². The first-order valence-electron chi connectivity index (χ1n) is 4.58. The summed E-state index contributed by atoms with van der Waals surface area (Å²) in [7, 11) is 2.12. The number of nitrogens with zero attached hydrogens (tertiary/aromatic N) is 2. The predicted molar refractivity (Wildman–Crippen MR) is 56.7 cm³/mol. The van der Waals surface area contributed by atoms with Gasteiger partial charge in [-0.15, -0.1) is 11.3 Å². The van der Waals surface area contributed by atoms with E-state index in [2.05, 4.69) is 22.3 Å². The van der Waals surface area contributed by atoms with E-state index in [4.69, 9.17) is 5.73 Å². The third-order valence-electron chi connectivity index (χ3n) is 1.91. The standard InChI is InChI=1S/C9H17N3S/c1-12(5-3-2-4-10)6-9-7-13-8-11-9/h7-8H,2-6,10H2,1H3. The summed E-state index contributed by atoms with van der Waals surface area (Å²) in [6.45, 7) is 2.85. The van der Waals surface area contributed by atoms with Gasteiger partial charge >= 0.3 is 0 Å². The fraction of sp³-hybridized carbons (Fsp3) is 0.667. The molecule has 3 nitrogen and oxygen atoms in total. The van der Waals surface area contributed by atoms with Gasteiger partial charge in [0.15, 0.2) is 0 Å². The second-order valence-electron chi connectivity index (χ2n) is 3.21. The number of thiazole rings is 1. The lowest BCUT2D eigenvalue weighted by atomic mass is 10.3. The topological polar surface area (TPSA) is 42.1 Å². The molecule has 2 N–H and O–H groups in total. The molecule has 4 heteroatoms. The van der Waals surface area contributed by atoms with Crippen LogP contribution in [0, 0.1) is 0 Å². The van der Waals surface area contributed by atoms with Crippen molar-refractivity contribution in [1.29, 1.82) is 0 Å². The minimum Gasteiger partial charge on any atom is -0.330 e. The van der Waals surface area contributed by atoms with Gasteiger partial charge in [0, 0.05) is 11.9 Å². The molecule has 0 saturated heterocycles. The molecule has 1 aromatic heterocycles. The molecule has 0 atom stereocenters. The van der Waals surface area contributed by atoms with E-state index in [1.165, 1.54) is 12.1 Å². The van der Waals surface area contributed by atoms with Crippen molar-refractivity contribution >= 4 is 11.3 Å². The molecule has 0 amide bonds. The molecular weight excluding hydrogens is 182 g/mol. The number of unbranched alkanes of at least 4 members (excludes halogenated alkanes) is 1. The molecule has 0 radical (unpaired) electrons. The van der Waals surface area contributed by atoms with Crippen LogP contribution >= 0.6 is 11.3 Å². The largest absolute Gasteiger partial charge is 0.330 e. The fourth-order valence-corrected chi connectivity index (χ4v) is 1.75. The average molecular weight is 199 g/mol. The zero-order valence-electron chi connectivity index (χ0n) is 8.07. The maximum atomic E-state index is 5.42. The first-order chi connectivity index (χ1) is 6.33. The third-order valence-corrected chi connectivity index (χ3v) is 2.54. The van der Waals surface area contributed by atoms with Crippen LogP contribution in [0.3, 0.4) is 0 Å². The fourth-order valence-electron chi connectivity index (χ4n) is 1.20. The van der Waals surface area contributed by atoms with Crippen LogP contribution in [-0.2, 0) is 6.54 Å². The SMILES string of the molecule is CN(CCCCN)Cc1cscn1. The van der Waals surface area contributed by atoms with Crippen molar-refractivity contribution in [2.75, 3.05) is 20.1 Å². The molecular formula is C9H17N3S. The zero-order chi connectivity index (χ0) is 9.52. The lowest BCUT2D eigenvalue weighted by molar-refractivity contribution is 0.316. The van der Waals surface area contributed by atoms with Crippen LogP contribution in [0.25, 0.3) is 0 Å². The summed E-state index contributed by atoms with van der Waals surface area (Å²) in [6, 6.07) is 0. The monoisotopic (exact) mass is 199 g/mol. The Morgan fingerprint density at radius 1 is 1.54 bits per heavy atom. The second-order valence-corrected chi connectivity index (χ2v) is 3.93. The van der Waals surface area contributed by atoms with Gasteiger partial charge < -0.3 is 10.6 Å². The Balaban J connectivity index is 2.14. The van der Waals surface area contributed by atoms with Crippen molar-refractivity contribution in [1.82, 2.24) is 9.88 Å². The molecule has 0 saturated carbocycles. The number of rotatable bonds is 6. The van der Waals surface area contributed by atoms with Gasteiger partial charge in [-0.25, -0.2) is 4.98 Å². The first-order valence-corrected chi connectivity index (χ1v) is 5.53. The molecule has 13 heavy (non-hydrogen) atoms. The van der Waals surface area contributed by atoms with Crippen molar-refractivity contribution in [3.8, 4) is 0 Å². The van der Waals surface area contributed by atoms with Crippen LogP contribution in [0.4, 0.5) is 0 Å². The highest BCUT2D eigenvalue weighted by Gasteiger charge is 2.00. The van der Waals surface area contributed by atoms with Crippen molar-refractivity contribution < 1.29 is 0 Å². The zero-order valence-corrected chi connectivity index (χ0v) is 8.89. The van der Waals surface area contributed by atoms with E-state index in [0.717, 1.165) is 26.1 Å². The molecule has 74 valence electrons. The highest BCUT2D eigenvalue weighted by atomic mass is 32.1. The Kier molecular flexibility index (Phi) is 4.97. The Labute approximate surface area is 83.6 Å². The lowest BCUT2D eigenvalue weighted by Gasteiger charge is -2.14. The molecule has 0 aliphatic carbocycles. The van der Waals surface area contributed by atoms with E-state index in [-0.39, 0.29) is 0 Å². The number of nitrogens with two attached hydrogens (primary N) is 1. The summed E-state index contributed by atoms with van der Waals surface area (Å²) < 4.78 is 0. The highest BCUT2D eigenvalue weighted by Crippen LogP contribution is 2.04. The van der Waals surface area contributed by atoms with Crippen LogP contribution in [0.15, 0.2) is 10.9 Å². The van der Waals surface area contributed by atoms with Gasteiger partial charge in [0.05, 0.1) is 11.2 Å². The summed E-state index contributed by atoms with van der Waals surface area (Å²) in [5.74, 6) is 0. The molecule has 1 aromatic rings. The van der Waals surface area contributed by atoms with Gasteiger partial charge in [-0.05, 0) is 33.0 Å². The Morgan fingerprint density at radius 3 is 3.00 bits per heavy atom. The molecule has 0 aliphatic rings. The van der Waals surface area contributed by atoms with Crippen LogP contribution < -0.4 is 5.73 Å². The van der Waals surface area contributed by atoms with Crippen LogP contribution in [0.5, 0.6) is 0 Å². The maximum Gasteiger partial charge on any atom is 0.0795 e. The summed E-state index contributed by atoms with van der Waals surface area (Å²) >= 11 is 1.65. The van der Waals surface area contributed by atoms with E-state index in [1.54, 1.807) is 11.3 Å². The summed E-state index contributed by atoms with van der Waals surface area (Å²) in [4.78, 5) is 6.52. The van der Waals surface area contributed by atoms with Gasteiger partial charge in [0.1, 0.15) is 0 Å². The smallest absolute Gasteiger partial charge is 0.0795 e.